The summed E-state index contributed by atoms with van der Waals surface area (Å²) >= 11 is 3.67. The number of hydrogen-bond acceptors (Lipinski definition) is 4. The molecule has 4 heteroatoms. The number of hydrogen-bond donors (Lipinski definition) is 2. The maximum absolute atomic E-state index is 5.53. The summed E-state index contributed by atoms with van der Waals surface area (Å²) in [6.45, 7) is 3.74. The first-order chi connectivity index (χ1) is 6.79. The fourth-order valence-electron chi connectivity index (χ4n) is 1.26. The van der Waals surface area contributed by atoms with Crippen LogP contribution in [0.15, 0.2) is 17.5 Å². The Bertz CT molecular complexity index is 376. The molecule has 0 fully saturated rings. The maximum Gasteiger partial charge on any atom is 0.0453 e. The van der Waals surface area contributed by atoms with Crippen molar-refractivity contribution in [3.63, 3.8) is 0 Å². The lowest BCUT2D eigenvalue weighted by molar-refractivity contribution is 0.560. The highest BCUT2D eigenvalue weighted by Crippen LogP contribution is 2.29. The third kappa shape index (κ3) is 2.15. The SMILES string of the molecule is C[C@H](CN)NCc1cc2sccc2s1. The van der Waals surface area contributed by atoms with Gasteiger partial charge in [-0.3, -0.25) is 0 Å². The van der Waals surface area contributed by atoms with Crippen LogP contribution in [0.25, 0.3) is 9.40 Å². The third-order valence-electron chi connectivity index (χ3n) is 2.17. The van der Waals surface area contributed by atoms with Crippen LogP contribution in [-0.4, -0.2) is 12.6 Å². The number of rotatable bonds is 4. The summed E-state index contributed by atoms with van der Waals surface area (Å²) < 4.78 is 2.79. The van der Waals surface area contributed by atoms with E-state index < -0.39 is 0 Å². The van der Waals surface area contributed by atoms with E-state index in [2.05, 4.69) is 29.8 Å². The van der Waals surface area contributed by atoms with Gasteiger partial charge in [-0.1, -0.05) is 0 Å². The predicted molar refractivity (Wildman–Crippen MR) is 65.1 cm³/mol. The zero-order valence-electron chi connectivity index (χ0n) is 8.12. The maximum atomic E-state index is 5.53. The molecule has 0 spiro atoms. The highest BCUT2D eigenvalue weighted by molar-refractivity contribution is 7.26. The number of nitrogens with two attached hydrogens (primary N) is 1. The molecule has 0 aliphatic rings. The van der Waals surface area contributed by atoms with Gasteiger partial charge in [-0.15, -0.1) is 22.7 Å². The van der Waals surface area contributed by atoms with Gasteiger partial charge in [0.25, 0.3) is 0 Å². The Morgan fingerprint density at radius 3 is 3.07 bits per heavy atom. The van der Waals surface area contributed by atoms with E-state index in [1.54, 1.807) is 11.3 Å². The number of fused-ring (bicyclic) bond motifs is 1. The van der Waals surface area contributed by atoms with Crippen molar-refractivity contribution in [2.24, 2.45) is 5.73 Å². The molecule has 0 saturated carbocycles. The van der Waals surface area contributed by atoms with E-state index in [1.807, 2.05) is 11.3 Å². The molecule has 2 rings (SSSR count). The first-order valence-corrected chi connectivity index (χ1v) is 6.38. The molecule has 3 N–H and O–H groups in total. The van der Waals surface area contributed by atoms with Crippen LogP contribution in [0.1, 0.15) is 11.8 Å². The minimum atomic E-state index is 0.398. The van der Waals surface area contributed by atoms with Gasteiger partial charge < -0.3 is 11.1 Å². The van der Waals surface area contributed by atoms with Crippen molar-refractivity contribution in [1.82, 2.24) is 5.32 Å². The lowest BCUT2D eigenvalue weighted by Crippen LogP contribution is -2.32. The molecule has 0 radical (unpaired) electrons. The fraction of sp³-hybridized carbons (Fsp3) is 0.400. The van der Waals surface area contributed by atoms with Crippen LogP contribution in [0.3, 0.4) is 0 Å². The Hall–Kier alpha value is -0.420. The summed E-state index contributed by atoms with van der Waals surface area (Å²) in [5, 5.41) is 5.53. The second kappa shape index (κ2) is 4.40. The molecular weight excluding hydrogens is 212 g/mol. The Morgan fingerprint density at radius 2 is 2.36 bits per heavy atom. The molecular formula is C10H14N2S2. The van der Waals surface area contributed by atoms with Gasteiger partial charge >= 0.3 is 0 Å². The fourth-order valence-corrected chi connectivity index (χ4v) is 3.35. The van der Waals surface area contributed by atoms with E-state index in [0.29, 0.717) is 12.6 Å². The van der Waals surface area contributed by atoms with Crippen molar-refractivity contribution in [2.75, 3.05) is 6.54 Å². The molecule has 0 saturated heterocycles. The van der Waals surface area contributed by atoms with E-state index in [9.17, 15) is 0 Å². The molecule has 0 aromatic carbocycles. The average molecular weight is 226 g/mol. The van der Waals surface area contributed by atoms with Gasteiger partial charge in [-0.05, 0) is 24.4 Å². The molecule has 0 aliphatic heterocycles. The molecule has 0 bridgehead atoms. The molecule has 2 heterocycles. The summed E-state index contributed by atoms with van der Waals surface area (Å²) in [6, 6.07) is 4.84. The van der Waals surface area contributed by atoms with E-state index >= 15 is 0 Å². The molecule has 0 unspecified atom stereocenters. The van der Waals surface area contributed by atoms with E-state index in [1.165, 1.54) is 14.3 Å². The lowest BCUT2D eigenvalue weighted by atomic mass is 10.3. The van der Waals surface area contributed by atoms with Crippen LogP contribution in [-0.2, 0) is 6.54 Å². The molecule has 1 atom stereocenters. The topological polar surface area (TPSA) is 38.0 Å². The second-order valence-electron chi connectivity index (χ2n) is 3.38. The monoisotopic (exact) mass is 226 g/mol. The van der Waals surface area contributed by atoms with Gasteiger partial charge in [-0.2, -0.15) is 0 Å². The molecule has 2 nitrogen and oxygen atoms in total. The molecule has 2 aromatic rings. The first kappa shape index (κ1) is 10.1. The molecule has 0 amide bonds. The lowest BCUT2D eigenvalue weighted by Gasteiger charge is -2.08. The van der Waals surface area contributed by atoms with Crippen LogP contribution >= 0.6 is 22.7 Å². The summed E-state index contributed by atoms with van der Waals surface area (Å²) in [6.07, 6.45) is 0. The normalized spacial score (nSPS) is 13.6. The van der Waals surface area contributed by atoms with Crippen LogP contribution in [0.4, 0.5) is 0 Å². The van der Waals surface area contributed by atoms with Crippen LogP contribution in [0.5, 0.6) is 0 Å². The van der Waals surface area contributed by atoms with Gasteiger partial charge in [0, 0.05) is 33.4 Å². The van der Waals surface area contributed by atoms with Gasteiger partial charge in [0.2, 0.25) is 0 Å². The Morgan fingerprint density at radius 1 is 1.50 bits per heavy atom. The first-order valence-electron chi connectivity index (χ1n) is 4.69. The van der Waals surface area contributed by atoms with Crippen molar-refractivity contribution in [3.05, 3.63) is 22.4 Å². The largest absolute Gasteiger partial charge is 0.329 e. The predicted octanol–water partition coefficient (Wildman–Crippen LogP) is 2.40. The molecule has 2 aromatic heterocycles. The third-order valence-corrected chi connectivity index (χ3v) is 4.26. The van der Waals surface area contributed by atoms with Crippen LogP contribution in [0, 0.1) is 0 Å². The van der Waals surface area contributed by atoms with E-state index in [4.69, 9.17) is 5.73 Å². The quantitative estimate of drug-likeness (QED) is 0.840. The van der Waals surface area contributed by atoms with Gasteiger partial charge in [0.15, 0.2) is 0 Å². The van der Waals surface area contributed by atoms with Crippen LogP contribution < -0.4 is 11.1 Å². The smallest absolute Gasteiger partial charge is 0.0453 e. The van der Waals surface area contributed by atoms with Gasteiger partial charge in [-0.25, -0.2) is 0 Å². The summed E-state index contributed by atoms with van der Waals surface area (Å²) in [5.41, 5.74) is 5.53. The van der Waals surface area contributed by atoms with E-state index in [-0.39, 0.29) is 0 Å². The number of thiophene rings is 2. The Labute approximate surface area is 91.7 Å². The molecule has 0 aliphatic carbocycles. The van der Waals surface area contributed by atoms with Crippen molar-refractivity contribution < 1.29 is 0 Å². The van der Waals surface area contributed by atoms with Crippen molar-refractivity contribution in [2.45, 2.75) is 19.5 Å². The second-order valence-corrected chi connectivity index (χ2v) is 5.50. The minimum Gasteiger partial charge on any atom is -0.329 e. The zero-order valence-corrected chi connectivity index (χ0v) is 9.75. The minimum absolute atomic E-state index is 0.398. The van der Waals surface area contributed by atoms with Crippen molar-refractivity contribution >= 4 is 32.1 Å². The molecule has 76 valence electrons. The Balaban J connectivity index is 2.01. The van der Waals surface area contributed by atoms with Crippen LogP contribution in [0.2, 0.25) is 0 Å². The zero-order chi connectivity index (χ0) is 9.97. The molecule has 14 heavy (non-hydrogen) atoms. The Kier molecular flexibility index (Phi) is 3.18. The summed E-state index contributed by atoms with van der Waals surface area (Å²) in [7, 11) is 0. The highest BCUT2D eigenvalue weighted by Gasteiger charge is 2.03. The van der Waals surface area contributed by atoms with Crippen molar-refractivity contribution in [3.8, 4) is 0 Å². The summed E-state index contributed by atoms with van der Waals surface area (Å²) in [4.78, 5) is 1.40. The highest BCUT2D eigenvalue weighted by atomic mass is 32.1. The van der Waals surface area contributed by atoms with E-state index in [0.717, 1.165) is 6.54 Å². The summed E-state index contributed by atoms with van der Waals surface area (Å²) in [5.74, 6) is 0. The average Bonchev–Trinajstić information content (AvgIpc) is 2.73. The standard InChI is InChI=1S/C10H14N2S2/c1-7(5-11)12-6-8-4-10-9(14-8)2-3-13-10/h2-4,7,12H,5-6,11H2,1H3/t7-/m1/s1. The van der Waals surface area contributed by atoms with Gasteiger partial charge in [0.05, 0.1) is 0 Å². The van der Waals surface area contributed by atoms with Crippen molar-refractivity contribution in [1.29, 1.82) is 0 Å². The number of nitrogens with one attached hydrogen (secondary N) is 1. The van der Waals surface area contributed by atoms with Gasteiger partial charge in [0.1, 0.15) is 0 Å².